The maximum Gasteiger partial charge on any atom is 0.308 e. The zero-order chi connectivity index (χ0) is 13.2. The van der Waals surface area contributed by atoms with Crippen molar-refractivity contribution in [1.29, 1.82) is 0 Å². The van der Waals surface area contributed by atoms with Gasteiger partial charge in [0.2, 0.25) is 0 Å². The fourth-order valence-corrected chi connectivity index (χ4v) is 3.48. The van der Waals surface area contributed by atoms with Gasteiger partial charge in [-0.25, -0.2) is 4.98 Å². The van der Waals surface area contributed by atoms with Crippen LogP contribution in [0.4, 0.5) is 0 Å². The summed E-state index contributed by atoms with van der Waals surface area (Å²) >= 11 is 1.48. The number of thiazole rings is 1. The molecule has 18 heavy (non-hydrogen) atoms. The van der Waals surface area contributed by atoms with Gasteiger partial charge in [0.25, 0.3) is 0 Å². The number of rotatable bonds is 3. The average Bonchev–Trinajstić information content (AvgIpc) is 2.92. The molecule has 4 nitrogen and oxygen atoms in total. The summed E-state index contributed by atoms with van der Waals surface area (Å²) in [4.78, 5) is 15.7. The summed E-state index contributed by atoms with van der Waals surface area (Å²) in [6.45, 7) is 1.83. The zero-order valence-corrected chi connectivity index (χ0v) is 11.6. The lowest BCUT2D eigenvalue weighted by Crippen LogP contribution is -2.36. The molecule has 1 aromatic rings. The molecule has 1 aliphatic carbocycles. The summed E-state index contributed by atoms with van der Waals surface area (Å²) in [7, 11) is 1.43. The zero-order valence-electron chi connectivity index (χ0n) is 10.8. The van der Waals surface area contributed by atoms with Crippen molar-refractivity contribution in [3.8, 4) is 0 Å². The smallest absolute Gasteiger partial charge is 0.308 e. The summed E-state index contributed by atoms with van der Waals surface area (Å²) in [5.41, 5.74) is -0.880. The molecule has 0 amide bonds. The van der Waals surface area contributed by atoms with Crippen LogP contribution in [0.5, 0.6) is 0 Å². The predicted octanol–water partition coefficient (Wildman–Crippen LogP) is 2.33. The van der Waals surface area contributed by atoms with Crippen LogP contribution >= 0.6 is 11.3 Å². The first-order valence-corrected chi connectivity index (χ1v) is 7.14. The van der Waals surface area contributed by atoms with E-state index >= 15 is 0 Å². The Labute approximate surface area is 111 Å². The molecule has 1 saturated carbocycles. The van der Waals surface area contributed by atoms with Gasteiger partial charge in [0.15, 0.2) is 0 Å². The topological polar surface area (TPSA) is 59.4 Å². The monoisotopic (exact) mass is 269 g/mol. The highest BCUT2D eigenvalue weighted by Gasteiger charge is 2.39. The van der Waals surface area contributed by atoms with Gasteiger partial charge >= 0.3 is 5.97 Å². The minimum Gasteiger partial charge on any atom is -0.469 e. The van der Waals surface area contributed by atoms with Crippen molar-refractivity contribution in [3.05, 3.63) is 16.6 Å². The fraction of sp³-hybridized carbons (Fsp3) is 0.692. The van der Waals surface area contributed by atoms with Crippen molar-refractivity contribution in [1.82, 2.24) is 4.98 Å². The second-order valence-electron chi connectivity index (χ2n) is 5.06. The van der Waals surface area contributed by atoms with Crippen molar-refractivity contribution in [2.75, 3.05) is 7.11 Å². The summed E-state index contributed by atoms with van der Waals surface area (Å²) in [5.74, 6) is 0.0465. The SMILES string of the molecule is COC(=O)[C@H]1CC[C@H](C(C)(O)c2nccs2)CC1. The van der Waals surface area contributed by atoms with E-state index in [0.29, 0.717) is 0 Å². The molecule has 1 N–H and O–H groups in total. The lowest BCUT2D eigenvalue weighted by Gasteiger charge is -2.36. The first kappa shape index (κ1) is 13.5. The van der Waals surface area contributed by atoms with E-state index in [1.54, 1.807) is 6.20 Å². The molecule has 1 fully saturated rings. The maximum atomic E-state index is 11.5. The Kier molecular flexibility index (Phi) is 4.02. The Bertz CT molecular complexity index is 394. The molecule has 0 bridgehead atoms. The van der Waals surface area contributed by atoms with Gasteiger partial charge in [-0.3, -0.25) is 4.79 Å². The second kappa shape index (κ2) is 5.36. The quantitative estimate of drug-likeness (QED) is 0.856. The van der Waals surface area contributed by atoms with Crippen LogP contribution in [0, 0.1) is 11.8 Å². The number of hydrogen-bond donors (Lipinski definition) is 1. The summed E-state index contributed by atoms with van der Waals surface area (Å²) in [6.07, 6.45) is 4.98. The Hall–Kier alpha value is -0.940. The van der Waals surface area contributed by atoms with Crippen molar-refractivity contribution < 1.29 is 14.6 Å². The van der Waals surface area contributed by atoms with E-state index < -0.39 is 5.60 Å². The van der Waals surface area contributed by atoms with Crippen molar-refractivity contribution in [2.45, 2.75) is 38.2 Å². The normalized spacial score (nSPS) is 27.5. The molecule has 0 aliphatic heterocycles. The van der Waals surface area contributed by atoms with E-state index in [4.69, 9.17) is 4.74 Å². The minimum atomic E-state index is -0.880. The number of aliphatic hydroxyl groups is 1. The van der Waals surface area contributed by atoms with Crippen LogP contribution in [0.3, 0.4) is 0 Å². The van der Waals surface area contributed by atoms with Gasteiger partial charge in [0.05, 0.1) is 13.0 Å². The van der Waals surface area contributed by atoms with Crippen molar-refractivity contribution >= 4 is 17.3 Å². The number of ether oxygens (including phenoxy) is 1. The van der Waals surface area contributed by atoms with Gasteiger partial charge in [0.1, 0.15) is 10.6 Å². The van der Waals surface area contributed by atoms with E-state index in [-0.39, 0.29) is 17.8 Å². The van der Waals surface area contributed by atoms with E-state index in [2.05, 4.69) is 4.98 Å². The third-order valence-electron chi connectivity index (χ3n) is 3.92. The standard InChI is InChI=1S/C13H19NO3S/c1-13(16,12-14-7-8-18-12)10-5-3-9(4-6-10)11(15)17-2/h7-10,16H,3-6H2,1-2H3/t9-,10-,13?. The van der Waals surface area contributed by atoms with E-state index in [1.165, 1.54) is 18.4 Å². The van der Waals surface area contributed by atoms with Crippen LogP contribution < -0.4 is 0 Å². The number of carbonyl (C=O) groups excluding carboxylic acids is 1. The molecule has 1 heterocycles. The van der Waals surface area contributed by atoms with Gasteiger partial charge in [0, 0.05) is 11.6 Å². The Balaban J connectivity index is 1.99. The lowest BCUT2D eigenvalue weighted by atomic mass is 9.74. The highest BCUT2D eigenvalue weighted by atomic mass is 32.1. The fourth-order valence-electron chi connectivity index (χ4n) is 2.71. The van der Waals surface area contributed by atoms with Crippen LogP contribution in [0.15, 0.2) is 11.6 Å². The van der Waals surface area contributed by atoms with Crippen molar-refractivity contribution in [2.24, 2.45) is 11.8 Å². The second-order valence-corrected chi connectivity index (χ2v) is 5.95. The van der Waals surface area contributed by atoms with Gasteiger partial charge in [-0.1, -0.05) is 0 Å². The molecule has 0 saturated heterocycles. The van der Waals surface area contributed by atoms with Gasteiger partial charge in [-0.05, 0) is 38.5 Å². The maximum absolute atomic E-state index is 11.5. The number of hydrogen-bond acceptors (Lipinski definition) is 5. The number of carbonyl (C=O) groups is 1. The summed E-state index contributed by atoms with van der Waals surface area (Å²) in [5, 5.41) is 13.3. The molecular formula is C13H19NO3S. The number of esters is 1. The molecule has 1 unspecified atom stereocenters. The van der Waals surface area contributed by atoms with Crippen LogP contribution in [-0.2, 0) is 15.1 Å². The molecular weight excluding hydrogens is 250 g/mol. The lowest BCUT2D eigenvalue weighted by molar-refractivity contribution is -0.147. The molecule has 1 atom stereocenters. The van der Waals surface area contributed by atoms with Gasteiger partial charge in [-0.15, -0.1) is 11.3 Å². The van der Waals surface area contributed by atoms with Crippen LogP contribution in [0.1, 0.15) is 37.6 Å². The van der Waals surface area contributed by atoms with E-state index in [1.807, 2.05) is 12.3 Å². The highest BCUT2D eigenvalue weighted by Crippen LogP contribution is 2.41. The minimum absolute atomic E-state index is 0.00153. The summed E-state index contributed by atoms with van der Waals surface area (Å²) < 4.78 is 4.77. The molecule has 0 spiro atoms. The molecule has 100 valence electrons. The predicted molar refractivity (Wildman–Crippen MR) is 69.1 cm³/mol. The molecule has 2 rings (SSSR count). The first-order chi connectivity index (χ1) is 8.55. The largest absolute Gasteiger partial charge is 0.469 e. The third-order valence-corrected chi connectivity index (χ3v) is 4.92. The average molecular weight is 269 g/mol. The molecule has 0 aromatic carbocycles. The van der Waals surface area contributed by atoms with Gasteiger partial charge in [-0.2, -0.15) is 0 Å². The van der Waals surface area contributed by atoms with Crippen LogP contribution in [0.2, 0.25) is 0 Å². The number of nitrogens with zero attached hydrogens (tertiary/aromatic N) is 1. The van der Waals surface area contributed by atoms with Crippen LogP contribution in [0.25, 0.3) is 0 Å². The summed E-state index contributed by atoms with van der Waals surface area (Å²) in [6, 6.07) is 0. The highest BCUT2D eigenvalue weighted by molar-refractivity contribution is 7.09. The van der Waals surface area contributed by atoms with Crippen LogP contribution in [-0.4, -0.2) is 23.2 Å². The third kappa shape index (κ3) is 2.57. The number of aromatic nitrogens is 1. The first-order valence-electron chi connectivity index (χ1n) is 6.26. The van der Waals surface area contributed by atoms with E-state index in [0.717, 1.165) is 30.7 Å². The van der Waals surface area contributed by atoms with Gasteiger partial charge < -0.3 is 9.84 Å². The van der Waals surface area contributed by atoms with Crippen molar-refractivity contribution in [3.63, 3.8) is 0 Å². The molecule has 1 aliphatic rings. The Morgan fingerprint density at radius 3 is 2.67 bits per heavy atom. The van der Waals surface area contributed by atoms with E-state index in [9.17, 15) is 9.90 Å². The Morgan fingerprint density at radius 1 is 1.50 bits per heavy atom. The number of methoxy groups -OCH3 is 1. The molecule has 5 heteroatoms. The molecule has 0 radical (unpaired) electrons. The Morgan fingerprint density at radius 2 is 2.17 bits per heavy atom. The molecule has 1 aromatic heterocycles.